The summed E-state index contributed by atoms with van der Waals surface area (Å²) >= 11 is 0. The predicted octanol–water partition coefficient (Wildman–Crippen LogP) is 3.58. The second kappa shape index (κ2) is 12.3. The Morgan fingerprint density at radius 1 is 1.07 bits per heavy atom. The molecule has 1 N–H and O–H groups in total. The molecule has 3 saturated heterocycles. The average Bonchev–Trinajstić information content (AvgIpc) is 3.63. The van der Waals surface area contributed by atoms with Crippen LogP contribution >= 0.6 is 0 Å². The molecule has 5 atom stereocenters. The standard InChI is InChI=1S/C34H41N3O6/c1-5-19-35(23-24-11-9-8-10-12-24)30(39)27-28-31(40)37(21-22-38)29(34(28)18-17-33(27,7-3)43-34)32(41)36(20-6-2)25-13-15-26(42-4)16-14-25/h5-6,8-16,27-29,38H,1-2,7,17-23H2,3-4H3/t27-,28+,29?,33+,34?/m1/s1. The summed E-state index contributed by atoms with van der Waals surface area (Å²) in [6, 6.07) is 15.8. The van der Waals surface area contributed by atoms with Crippen molar-refractivity contribution in [3.8, 4) is 5.75 Å². The second-order valence-electron chi connectivity index (χ2n) is 11.5. The van der Waals surface area contributed by atoms with Gasteiger partial charge in [-0.1, -0.05) is 49.4 Å². The Hall–Kier alpha value is -3.95. The maximum Gasteiger partial charge on any atom is 0.253 e. The van der Waals surface area contributed by atoms with Crippen molar-refractivity contribution in [2.24, 2.45) is 11.8 Å². The van der Waals surface area contributed by atoms with Gasteiger partial charge < -0.3 is 29.3 Å². The number of methoxy groups -OCH3 is 1. The summed E-state index contributed by atoms with van der Waals surface area (Å²) < 4.78 is 12.2. The van der Waals surface area contributed by atoms with Crippen LogP contribution in [0.25, 0.3) is 0 Å². The summed E-state index contributed by atoms with van der Waals surface area (Å²) in [4.78, 5) is 48.1. The van der Waals surface area contributed by atoms with Crippen molar-refractivity contribution < 1.29 is 29.0 Å². The van der Waals surface area contributed by atoms with Gasteiger partial charge in [0.2, 0.25) is 11.8 Å². The van der Waals surface area contributed by atoms with Gasteiger partial charge in [0.1, 0.15) is 17.4 Å². The molecule has 0 saturated carbocycles. The van der Waals surface area contributed by atoms with Gasteiger partial charge >= 0.3 is 0 Å². The number of anilines is 1. The molecule has 2 aromatic carbocycles. The van der Waals surface area contributed by atoms with E-state index in [1.54, 1.807) is 53.3 Å². The molecule has 228 valence electrons. The number of aliphatic hydroxyl groups is 1. The molecule has 43 heavy (non-hydrogen) atoms. The molecule has 2 unspecified atom stereocenters. The lowest BCUT2D eigenvalue weighted by Gasteiger charge is -2.37. The van der Waals surface area contributed by atoms with Gasteiger partial charge in [-0.2, -0.15) is 0 Å². The van der Waals surface area contributed by atoms with Crippen LogP contribution in [0.15, 0.2) is 79.9 Å². The maximum absolute atomic E-state index is 14.6. The number of likely N-dealkylation sites (tertiary alicyclic amines) is 1. The van der Waals surface area contributed by atoms with Crippen molar-refractivity contribution in [2.75, 3.05) is 38.3 Å². The number of hydrogen-bond acceptors (Lipinski definition) is 6. The molecular formula is C34H41N3O6. The Morgan fingerprint density at radius 3 is 2.37 bits per heavy atom. The predicted molar refractivity (Wildman–Crippen MR) is 163 cm³/mol. The largest absolute Gasteiger partial charge is 0.497 e. The Labute approximate surface area is 253 Å². The van der Waals surface area contributed by atoms with E-state index < -0.39 is 29.1 Å². The molecule has 3 aliphatic heterocycles. The van der Waals surface area contributed by atoms with E-state index in [9.17, 15) is 19.5 Å². The number of aliphatic hydroxyl groups excluding tert-OH is 1. The second-order valence-corrected chi connectivity index (χ2v) is 11.5. The minimum Gasteiger partial charge on any atom is -0.497 e. The molecule has 0 radical (unpaired) electrons. The Morgan fingerprint density at radius 2 is 1.77 bits per heavy atom. The van der Waals surface area contributed by atoms with E-state index in [0.717, 1.165) is 5.56 Å². The van der Waals surface area contributed by atoms with Crippen LogP contribution in [0, 0.1) is 11.8 Å². The van der Waals surface area contributed by atoms with E-state index in [4.69, 9.17) is 9.47 Å². The number of carbonyl (C=O) groups excluding carboxylic acids is 3. The molecule has 3 fully saturated rings. The van der Waals surface area contributed by atoms with Crippen LogP contribution in [0.5, 0.6) is 5.75 Å². The third kappa shape index (κ3) is 5.04. The van der Waals surface area contributed by atoms with Gasteiger partial charge in [0.15, 0.2) is 0 Å². The summed E-state index contributed by atoms with van der Waals surface area (Å²) in [5, 5.41) is 10.0. The van der Waals surface area contributed by atoms with Crippen LogP contribution in [0.4, 0.5) is 5.69 Å². The lowest BCUT2D eigenvalue weighted by atomic mass is 9.64. The summed E-state index contributed by atoms with van der Waals surface area (Å²) in [6.07, 6.45) is 4.86. The molecule has 9 nitrogen and oxygen atoms in total. The Bertz CT molecular complexity index is 1360. The van der Waals surface area contributed by atoms with E-state index in [2.05, 4.69) is 13.2 Å². The summed E-state index contributed by atoms with van der Waals surface area (Å²) in [6.45, 7) is 10.2. The fraction of sp³-hybridized carbons (Fsp3) is 0.441. The molecule has 3 heterocycles. The van der Waals surface area contributed by atoms with Crippen molar-refractivity contribution in [3.05, 3.63) is 85.5 Å². The average molecular weight is 588 g/mol. The fourth-order valence-electron chi connectivity index (χ4n) is 7.47. The molecule has 0 aliphatic carbocycles. The first-order chi connectivity index (χ1) is 20.8. The highest BCUT2D eigenvalue weighted by molar-refractivity contribution is 6.05. The first-order valence-corrected chi connectivity index (χ1v) is 14.9. The zero-order chi connectivity index (χ0) is 30.8. The third-order valence-electron chi connectivity index (χ3n) is 9.36. The van der Waals surface area contributed by atoms with E-state index in [1.807, 2.05) is 37.3 Å². The highest BCUT2D eigenvalue weighted by atomic mass is 16.5. The topological polar surface area (TPSA) is 99.6 Å². The molecule has 1 spiro atoms. The number of β-amino-alcohol motifs (C(OH)–C–C–N with tert-alkyl or cyclic N) is 1. The van der Waals surface area contributed by atoms with Crippen molar-refractivity contribution in [1.29, 1.82) is 0 Å². The van der Waals surface area contributed by atoms with Gasteiger partial charge in [0, 0.05) is 31.9 Å². The van der Waals surface area contributed by atoms with Gasteiger partial charge in [-0.15, -0.1) is 13.2 Å². The van der Waals surface area contributed by atoms with Crippen LogP contribution in [-0.2, 0) is 25.7 Å². The van der Waals surface area contributed by atoms with Crippen molar-refractivity contribution in [1.82, 2.24) is 9.80 Å². The molecule has 2 bridgehead atoms. The van der Waals surface area contributed by atoms with Gasteiger partial charge in [-0.05, 0) is 49.1 Å². The van der Waals surface area contributed by atoms with Gasteiger partial charge in [-0.25, -0.2) is 0 Å². The minimum atomic E-state index is -1.20. The van der Waals surface area contributed by atoms with E-state index >= 15 is 0 Å². The number of ether oxygens (including phenoxy) is 2. The smallest absolute Gasteiger partial charge is 0.253 e. The fourth-order valence-corrected chi connectivity index (χ4v) is 7.47. The number of rotatable bonds is 13. The molecule has 2 aromatic rings. The first-order valence-electron chi connectivity index (χ1n) is 14.9. The third-order valence-corrected chi connectivity index (χ3v) is 9.36. The molecule has 9 heteroatoms. The van der Waals surface area contributed by atoms with Crippen LogP contribution < -0.4 is 9.64 Å². The zero-order valence-corrected chi connectivity index (χ0v) is 25.0. The number of carbonyl (C=O) groups is 3. The van der Waals surface area contributed by atoms with Crippen LogP contribution in [0.1, 0.15) is 31.7 Å². The zero-order valence-electron chi connectivity index (χ0n) is 25.0. The van der Waals surface area contributed by atoms with E-state index in [1.165, 1.54) is 4.90 Å². The van der Waals surface area contributed by atoms with Gasteiger partial charge in [0.05, 0.1) is 31.2 Å². The quantitative estimate of drug-likeness (QED) is 0.360. The molecule has 3 amide bonds. The van der Waals surface area contributed by atoms with Gasteiger partial charge in [0.25, 0.3) is 5.91 Å². The van der Waals surface area contributed by atoms with Crippen LogP contribution in [0.3, 0.4) is 0 Å². The minimum absolute atomic E-state index is 0.0399. The normalized spacial score (nSPS) is 27.1. The van der Waals surface area contributed by atoms with Gasteiger partial charge in [-0.3, -0.25) is 14.4 Å². The Balaban J connectivity index is 1.56. The van der Waals surface area contributed by atoms with Crippen molar-refractivity contribution in [2.45, 2.75) is 50.0 Å². The highest BCUT2D eigenvalue weighted by Crippen LogP contribution is 2.64. The summed E-state index contributed by atoms with van der Waals surface area (Å²) in [5.41, 5.74) is -0.486. The lowest BCUT2D eigenvalue weighted by molar-refractivity contribution is -0.151. The van der Waals surface area contributed by atoms with Crippen LogP contribution in [0.2, 0.25) is 0 Å². The number of fused-ring (bicyclic) bond motifs is 1. The number of benzene rings is 2. The highest BCUT2D eigenvalue weighted by Gasteiger charge is 2.79. The summed E-state index contributed by atoms with van der Waals surface area (Å²) in [5.74, 6) is -1.81. The lowest BCUT2D eigenvalue weighted by Crippen LogP contribution is -2.57. The molecule has 0 aromatic heterocycles. The van der Waals surface area contributed by atoms with E-state index in [-0.39, 0.29) is 37.4 Å². The first kappa shape index (κ1) is 30.5. The monoisotopic (exact) mass is 587 g/mol. The molecule has 5 rings (SSSR count). The SMILES string of the molecule is C=CCN(Cc1ccccc1)C(=O)[C@H]1[C@H]2C(=O)N(CCO)C(C(=O)N(CC=C)c3ccc(OC)cc3)C23CC[C@]1(CC)O3. The summed E-state index contributed by atoms with van der Waals surface area (Å²) in [7, 11) is 1.57. The van der Waals surface area contributed by atoms with Crippen molar-refractivity contribution >= 4 is 23.4 Å². The molecule has 3 aliphatic rings. The maximum atomic E-state index is 14.6. The number of hydrogen-bond donors (Lipinski definition) is 1. The molecular weight excluding hydrogens is 546 g/mol. The van der Waals surface area contributed by atoms with E-state index in [0.29, 0.717) is 43.8 Å². The number of nitrogens with zero attached hydrogens (tertiary/aromatic N) is 3. The Kier molecular flexibility index (Phi) is 8.76. The van der Waals surface area contributed by atoms with Crippen molar-refractivity contribution in [3.63, 3.8) is 0 Å². The number of amides is 3. The van der Waals surface area contributed by atoms with Crippen LogP contribution in [-0.4, -0.2) is 83.2 Å².